The first-order valence-corrected chi connectivity index (χ1v) is 9.31. The van der Waals surface area contributed by atoms with Crippen LogP contribution in [0, 0.1) is 11.6 Å². The van der Waals surface area contributed by atoms with Gasteiger partial charge in [0, 0.05) is 0 Å². The minimum Gasteiger partial charge on any atom is -0.489 e. The van der Waals surface area contributed by atoms with Gasteiger partial charge in [-0.2, -0.15) is 0 Å². The zero-order valence-electron chi connectivity index (χ0n) is 15.4. The van der Waals surface area contributed by atoms with Crippen LogP contribution in [0.2, 0.25) is 5.02 Å². The summed E-state index contributed by atoms with van der Waals surface area (Å²) < 4.78 is 37.5. The van der Waals surface area contributed by atoms with Crippen molar-refractivity contribution in [3.05, 3.63) is 106 Å². The molecule has 4 nitrogen and oxygen atoms in total. The topological polar surface area (TPSA) is 47.9 Å². The number of rotatable bonds is 5. The number of aliphatic imine (C=N–C) groups is 1. The molecule has 3 aromatic rings. The second-order valence-electron chi connectivity index (χ2n) is 6.43. The maximum atomic E-state index is 13.5. The Morgan fingerprint density at radius 2 is 1.70 bits per heavy atom. The molecular weight excluding hydrogens is 412 g/mol. The molecule has 0 aromatic heterocycles. The van der Waals surface area contributed by atoms with E-state index >= 15 is 0 Å². The van der Waals surface area contributed by atoms with E-state index < -0.39 is 17.6 Å². The molecular formula is C23H14ClF2NO3. The molecule has 1 aliphatic rings. The number of hydrogen-bond donors (Lipinski definition) is 0. The monoisotopic (exact) mass is 425 g/mol. The van der Waals surface area contributed by atoms with Crippen LogP contribution in [-0.4, -0.2) is 11.9 Å². The number of nitrogens with zero attached hydrogens (tertiary/aromatic N) is 1. The van der Waals surface area contributed by atoms with Crippen molar-refractivity contribution in [2.45, 2.75) is 6.61 Å². The number of cyclic esters (lactones) is 1. The SMILES string of the molecule is O=C1OC(c2cc(F)c(F)cc2Cl)=N/C1=C/c1ccc(OCc2ccccc2)cc1. The van der Waals surface area contributed by atoms with Crippen LogP contribution in [0.3, 0.4) is 0 Å². The zero-order valence-corrected chi connectivity index (χ0v) is 16.2. The highest BCUT2D eigenvalue weighted by Crippen LogP contribution is 2.26. The van der Waals surface area contributed by atoms with Crippen molar-refractivity contribution in [3.8, 4) is 5.75 Å². The Kier molecular flexibility index (Phi) is 5.59. The van der Waals surface area contributed by atoms with Crippen LogP contribution < -0.4 is 4.74 Å². The van der Waals surface area contributed by atoms with Crippen LogP contribution in [0.25, 0.3) is 6.08 Å². The molecule has 0 aliphatic carbocycles. The maximum Gasteiger partial charge on any atom is 0.363 e. The molecule has 0 amide bonds. The van der Waals surface area contributed by atoms with E-state index in [1.54, 1.807) is 24.3 Å². The molecule has 0 N–H and O–H groups in total. The Labute approximate surface area is 176 Å². The number of hydrogen-bond acceptors (Lipinski definition) is 4. The minimum absolute atomic E-state index is 0.00280. The molecule has 0 fully saturated rings. The summed E-state index contributed by atoms with van der Waals surface area (Å²) in [4.78, 5) is 16.2. The largest absolute Gasteiger partial charge is 0.489 e. The third kappa shape index (κ3) is 4.39. The smallest absolute Gasteiger partial charge is 0.363 e. The van der Waals surface area contributed by atoms with Gasteiger partial charge in [0.2, 0.25) is 5.90 Å². The van der Waals surface area contributed by atoms with Crippen molar-refractivity contribution in [1.82, 2.24) is 0 Å². The van der Waals surface area contributed by atoms with E-state index in [-0.39, 0.29) is 22.2 Å². The average molecular weight is 426 g/mol. The summed E-state index contributed by atoms with van der Waals surface area (Å²) in [6, 6.07) is 18.5. The third-order valence-electron chi connectivity index (χ3n) is 4.29. The van der Waals surface area contributed by atoms with E-state index in [0.29, 0.717) is 17.9 Å². The molecule has 0 bridgehead atoms. The van der Waals surface area contributed by atoms with E-state index in [2.05, 4.69) is 4.99 Å². The van der Waals surface area contributed by atoms with Gasteiger partial charge < -0.3 is 9.47 Å². The molecule has 150 valence electrons. The Hall–Kier alpha value is -3.51. The van der Waals surface area contributed by atoms with Crippen LogP contribution in [0.1, 0.15) is 16.7 Å². The molecule has 3 aromatic carbocycles. The highest BCUT2D eigenvalue weighted by molar-refractivity contribution is 6.34. The van der Waals surface area contributed by atoms with Crippen LogP contribution in [0.5, 0.6) is 5.75 Å². The first-order valence-electron chi connectivity index (χ1n) is 8.94. The van der Waals surface area contributed by atoms with E-state index in [1.165, 1.54) is 6.08 Å². The first-order chi connectivity index (χ1) is 14.5. The van der Waals surface area contributed by atoms with Gasteiger partial charge in [-0.25, -0.2) is 18.6 Å². The van der Waals surface area contributed by atoms with Gasteiger partial charge in [-0.15, -0.1) is 0 Å². The Balaban J connectivity index is 1.50. The summed E-state index contributed by atoms with van der Waals surface area (Å²) in [6.45, 7) is 0.441. The fourth-order valence-corrected chi connectivity index (χ4v) is 3.00. The van der Waals surface area contributed by atoms with Crippen molar-refractivity contribution in [2.24, 2.45) is 4.99 Å². The highest BCUT2D eigenvalue weighted by atomic mass is 35.5. The number of benzene rings is 3. The lowest BCUT2D eigenvalue weighted by molar-refractivity contribution is -0.129. The molecule has 0 saturated carbocycles. The summed E-state index contributed by atoms with van der Waals surface area (Å²) in [7, 11) is 0. The van der Waals surface area contributed by atoms with E-state index in [9.17, 15) is 13.6 Å². The van der Waals surface area contributed by atoms with Crippen LogP contribution in [0.4, 0.5) is 8.78 Å². The minimum atomic E-state index is -1.11. The molecule has 1 aliphatic heterocycles. The Morgan fingerprint density at radius 1 is 1.00 bits per heavy atom. The number of halogens is 3. The molecule has 0 saturated heterocycles. The summed E-state index contributed by atoms with van der Waals surface area (Å²) in [6.07, 6.45) is 1.52. The summed E-state index contributed by atoms with van der Waals surface area (Å²) in [5.41, 5.74) is 1.76. The predicted molar refractivity (Wildman–Crippen MR) is 109 cm³/mol. The van der Waals surface area contributed by atoms with Crippen molar-refractivity contribution >= 4 is 29.5 Å². The van der Waals surface area contributed by atoms with Gasteiger partial charge in [0.1, 0.15) is 12.4 Å². The lowest BCUT2D eigenvalue weighted by Gasteiger charge is -2.06. The normalized spacial score (nSPS) is 14.6. The standard InChI is InChI=1S/C23H14ClF2NO3/c24-18-12-20(26)19(25)11-17(18)22-27-21(23(28)30-22)10-14-6-8-16(9-7-14)29-13-15-4-2-1-3-5-15/h1-12H,13H2/b21-10+. The van der Waals surface area contributed by atoms with Gasteiger partial charge in [0.05, 0.1) is 10.6 Å². The fourth-order valence-electron chi connectivity index (χ4n) is 2.77. The van der Waals surface area contributed by atoms with Crippen LogP contribution >= 0.6 is 11.6 Å². The van der Waals surface area contributed by atoms with Gasteiger partial charge in [0.25, 0.3) is 0 Å². The summed E-state index contributed by atoms with van der Waals surface area (Å²) in [5.74, 6) is -2.43. The lowest BCUT2D eigenvalue weighted by atomic mass is 10.2. The molecule has 0 unspecified atom stereocenters. The molecule has 1 heterocycles. The maximum absolute atomic E-state index is 13.5. The number of carbonyl (C=O) groups is 1. The second kappa shape index (κ2) is 8.47. The van der Waals surface area contributed by atoms with Crippen molar-refractivity contribution < 1.29 is 23.0 Å². The van der Waals surface area contributed by atoms with E-state index in [4.69, 9.17) is 21.1 Å². The average Bonchev–Trinajstić information content (AvgIpc) is 3.11. The predicted octanol–water partition coefficient (Wildman–Crippen LogP) is 5.54. The van der Waals surface area contributed by atoms with E-state index in [1.807, 2.05) is 30.3 Å². The molecule has 7 heteroatoms. The van der Waals surface area contributed by atoms with Crippen LogP contribution in [0.15, 0.2) is 77.4 Å². The molecule has 0 atom stereocenters. The van der Waals surface area contributed by atoms with Crippen LogP contribution in [-0.2, 0) is 16.1 Å². The van der Waals surface area contributed by atoms with Crippen molar-refractivity contribution in [3.63, 3.8) is 0 Å². The fraction of sp³-hybridized carbons (Fsp3) is 0.0435. The second-order valence-corrected chi connectivity index (χ2v) is 6.83. The van der Waals surface area contributed by atoms with Gasteiger partial charge >= 0.3 is 5.97 Å². The number of carbonyl (C=O) groups excluding carboxylic acids is 1. The third-order valence-corrected chi connectivity index (χ3v) is 4.61. The van der Waals surface area contributed by atoms with Gasteiger partial charge in [0.15, 0.2) is 17.3 Å². The molecule has 30 heavy (non-hydrogen) atoms. The van der Waals surface area contributed by atoms with Gasteiger partial charge in [-0.05, 0) is 41.5 Å². The summed E-state index contributed by atoms with van der Waals surface area (Å²) in [5, 5.41) is -0.110. The number of ether oxygens (including phenoxy) is 2. The van der Waals surface area contributed by atoms with E-state index in [0.717, 1.165) is 17.7 Å². The van der Waals surface area contributed by atoms with Gasteiger partial charge in [-0.1, -0.05) is 54.1 Å². The highest BCUT2D eigenvalue weighted by Gasteiger charge is 2.26. The zero-order chi connectivity index (χ0) is 21.1. The van der Waals surface area contributed by atoms with Crippen molar-refractivity contribution in [2.75, 3.05) is 0 Å². The lowest BCUT2D eigenvalue weighted by Crippen LogP contribution is -2.07. The first kappa shape index (κ1) is 19.8. The summed E-state index contributed by atoms with van der Waals surface area (Å²) >= 11 is 5.92. The molecule has 0 spiro atoms. The number of esters is 1. The quantitative estimate of drug-likeness (QED) is 0.306. The van der Waals surface area contributed by atoms with Gasteiger partial charge in [-0.3, -0.25) is 0 Å². The molecule has 4 rings (SSSR count). The van der Waals surface area contributed by atoms with Crippen molar-refractivity contribution in [1.29, 1.82) is 0 Å². The Morgan fingerprint density at radius 3 is 2.43 bits per heavy atom. The molecule has 0 radical (unpaired) electrons. The Bertz CT molecular complexity index is 1160.